The van der Waals surface area contributed by atoms with Gasteiger partial charge in [-0.25, -0.2) is 0 Å². The molecular weight excluding hydrogens is 656 g/mol. The van der Waals surface area contributed by atoms with Crippen LogP contribution in [0.15, 0.2) is 39.0 Å². The van der Waals surface area contributed by atoms with Gasteiger partial charge in [0.1, 0.15) is 0 Å². The maximum Gasteiger partial charge on any atom is 0.185 e. The molecule has 1 heterocycles. The maximum atomic E-state index is 5.99. The van der Waals surface area contributed by atoms with Gasteiger partial charge < -0.3 is 9.47 Å². The second kappa shape index (κ2) is 5.85. The number of ether oxygens (including phenoxy) is 2. The lowest BCUT2D eigenvalue weighted by Crippen LogP contribution is -2.01. The van der Waals surface area contributed by atoms with Crippen molar-refractivity contribution in [1.82, 2.24) is 0 Å². The molecule has 20 heavy (non-hydrogen) atoms. The molecule has 2 aromatic rings. The molecule has 0 amide bonds. The van der Waals surface area contributed by atoms with Gasteiger partial charge in [-0.3, -0.25) is 0 Å². The molecule has 0 aliphatic carbocycles. The zero-order chi connectivity index (χ0) is 14.6. The Hall–Kier alpha value is 0.920. The molecule has 2 nitrogen and oxygen atoms in total. The molecule has 0 spiro atoms. The minimum absolute atomic E-state index is 0.627. The fraction of sp³-hybridized carbons (Fsp3) is 0. The predicted molar refractivity (Wildman–Crippen MR) is 99.2 cm³/mol. The average molecular weight is 658 g/mol. The van der Waals surface area contributed by atoms with E-state index in [4.69, 9.17) is 9.47 Å². The first-order valence-corrected chi connectivity index (χ1v) is 9.86. The molecule has 104 valence electrons. The van der Waals surface area contributed by atoms with Gasteiger partial charge in [-0.1, -0.05) is 0 Å². The monoisotopic (exact) mass is 652 g/mol. The molecule has 3 rings (SSSR count). The first-order valence-electron chi connectivity index (χ1n) is 5.11. The van der Waals surface area contributed by atoms with E-state index < -0.39 is 0 Å². The van der Waals surface area contributed by atoms with Crippen molar-refractivity contribution in [3.8, 4) is 23.0 Å². The third kappa shape index (κ3) is 2.54. The molecule has 0 fully saturated rings. The minimum Gasteiger partial charge on any atom is -0.449 e. The summed E-state index contributed by atoms with van der Waals surface area (Å²) in [5.74, 6) is 2.53. The molecule has 0 unspecified atom stereocenters. The van der Waals surface area contributed by atoms with Gasteiger partial charge in [-0.15, -0.1) is 0 Å². The Morgan fingerprint density at radius 3 is 1.35 bits per heavy atom. The van der Waals surface area contributed by atoms with Gasteiger partial charge >= 0.3 is 0 Å². The van der Waals surface area contributed by atoms with E-state index in [0.29, 0.717) is 23.0 Å². The topological polar surface area (TPSA) is 18.5 Å². The average Bonchev–Trinajstić information content (AvgIpc) is 2.41. The first kappa shape index (κ1) is 15.8. The second-order valence-corrected chi connectivity index (χ2v) is 8.71. The summed E-state index contributed by atoms with van der Waals surface area (Å²) < 4.78 is 17.0. The molecule has 1 aliphatic heterocycles. The SMILES string of the molecule is Brc1cc2c(c(Br)c1Br)Oc1c(cc(Br)c(Br)c1Br)O2. The minimum atomic E-state index is 0.627. The lowest BCUT2D eigenvalue weighted by Gasteiger charge is -2.24. The van der Waals surface area contributed by atoms with Crippen LogP contribution in [0, 0.1) is 0 Å². The van der Waals surface area contributed by atoms with Gasteiger partial charge in [-0.05, 0) is 95.6 Å². The number of hydrogen-bond acceptors (Lipinski definition) is 2. The zero-order valence-electron chi connectivity index (χ0n) is 9.24. The third-order valence-electron chi connectivity index (χ3n) is 2.59. The number of hydrogen-bond donors (Lipinski definition) is 0. The van der Waals surface area contributed by atoms with Crippen molar-refractivity contribution >= 4 is 95.6 Å². The summed E-state index contributed by atoms with van der Waals surface area (Å²) >= 11 is 20.9. The van der Waals surface area contributed by atoms with Crippen LogP contribution in [0.25, 0.3) is 0 Å². The smallest absolute Gasteiger partial charge is 0.185 e. The molecule has 0 bridgehead atoms. The maximum absolute atomic E-state index is 5.99. The number of rotatable bonds is 0. The fourth-order valence-corrected chi connectivity index (χ4v) is 4.59. The largest absolute Gasteiger partial charge is 0.449 e. The van der Waals surface area contributed by atoms with Crippen LogP contribution in [0.4, 0.5) is 0 Å². The van der Waals surface area contributed by atoms with E-state index >= 15 is 0 Å². The summed E-state index contributed by atoms with van der Waals surface area (Å²) in [5.41, 5.74) is 0. The Bertz CT molecular complexity index is 682. The highest BCUT2D eigenvalue weighted by atomic mass is 79.9. The summed E-state index contributed by atoms with van der Waals surface area (Å²) in [5, 5.41) is 0. The summed E-state index contributed by atoms with van der Waals surface area (Å²) in [6.45, 7) is 0. The van der Waals surface area contributed by atoms with Crippen LogP contribution in [-0.4, -0.2) is 0 Å². The van der Waals surface area contributed by atoms with Gasteiger partial charge in [0, 0.05) is 30.0 Å². The number of benzene rings is 2. The summed E-state index contributed by atoms with van der Waals surface area (Å²) in [4.78, 5) is 0. The third-order valence-corrected chi connectivity index (χ3v) is 9.13. The molecule has 0 atom stereocenters. The number of fused-ring (bicyclic) bond motifs is 2. The van der Waals surface area contributed by atoms with Crippen LogP contribution >= 0.6 is 95.6 Å². The predicted octanol–water partition coefficient (Wildman–Crippen LogP) is 8.16. The zero-order valence-corrected chi connectivity index (χ0v) is 18.8. The van der Waals surface area contributed by atoms with E-state index in [-0.39, 0.29) is 0 Å². The Morgan fingerprint density at radius 2 is 0.950 bits per heavy atom. The van der Waals surface area contributed by atoms with Crippen LogP contribution in [0.5, 0.6) is 23.0 Å². The fourth-order valence-electron chi connectivity index (χ4n) is 1.68. The van der Waals surface area contributed by atoms with E-state index in [2.05, 4.69) is 95.6 Å². The Morgan fingerprint density at radius 1 is 0.550 bits per heavy atom. The molecule has 8 heteroatoms. The van der Waals surface area contributed by atoms with E-state index in [1.165, 1.54) is 0 Å². The molecular formula is C12H2Br6O2. The molecule has 0 N–H and O–H groups in total. The lowest BCUT2D eigenvalue weighted by molar-refractivity contribution is 0.355. The van der Waals surface area contributed by atoms with Crippen molar-refractivity contribution in [2.24, 2.45) is 0 Å². The lowest BCUT2D eigenvalue weighted by atomic mass is 10.2. The molecule has 0 aromatic heterocycles. The molecule has 1 aliphatic rings. The van der Waals surface area contributed by atoms with Crippen LogP contribution in [0.1, 0.15) is 0 Å². The van der Waals surface area contributed by atoms with Crippen molar-refractivity contribution in [1.29, 1.82) is 0 Å². The van der Waals surface area contributed by atoms with Gasteiger partial charge in [0.2, 0.25) is 0 Å². The van der Waals surface area contributed by atoms with Crippen LogP contribution < -0.4 is 9.47 Å². The summed E-state index contributed by atoms with van der Waals surface area (Å²) in [6, 6.07) is 3.72. The second-order valence-electron chi connectivity index (χ2n) is 3.83. The standard InChI is InChI=1S/C12H2Br6O2/c13-3-1-5-11(9(17)7(3)15)20-12-6(19-5)2-4(14)8(16)10(12)18/h1-2H. The Balaban J connectivity index is 2.22. The van der Waals surface area contributed by atoms with Gasteiger partial charge in [0.05, 0.1) is 8.95 Å². The summed E-state index contributed by atoms with van der Waals surface area (Å²) in [7, 11) is 0. The van der Waals surface area contributed by atoms with Gasteiger partial charge in [0.25, 0.3) is 0 Å². The van der Waals surface area contributed by atoms with E-state index in [0.717, 1.165) is 26.8 Å². The molecule has 0 saturated carbocycles. The molecule has 0 radical (unpaired) electrons. The van der Waals surface area contributed by atoms with Crippen molar-refractivity contribution in [3.63, 3.8) is 0 Å². The summed E-state index contributed by atoms with van der Waals surface area (Å²) in [6.07, 6.45) is 0. The van der Waals surface area contributed by atoms with Crippen LogP contribution in [-0.2, 0) is 0 Å². The Labute approximate surface area is 165 Å². The highest BCUT2D eigenvalue weighted by Crippen LogP contribution is 2.56. The highest BCUT2D eigenvalue weighted by Gasteiger charge is 2.27. The van der Waals surface area contributed by atoms with Gasteiger partial charge in [-0.2, -0.15) is 0 Å². The Kier molecular flexibility index (Phi) is 4.62. The van der Waals surface area contributed by atoms with Crippen molar-refractivity contribution in [3.05, 3.63) is 39.0 Å². The van der Waals surface area contributed by atoms with Gasteiger partial charge in [0.15, 0.2) is 23.0 Å². The van der Waals surface area contributed by atoms with Crippen molar-refractivity contribution in [2.75, 3.05) is 0 Å². The van der Waals surface area contributed by atoms with E-state index in [1.54, 1.807) is 0 Å². The molecule has 2 aromatic carbocycles. The van der Waals surface area contributed by atoms with E-state index in [1.807, 2.05) is 12.1 Å². The molecule has 0 saturated heterocycles. The van der Waals surface area contributed by atoms with E-state index in [9.17, 15) is 0 Å². The van der Waals surface area contributed by atoms with Crippen molar-refractivity contribution in [2.45, 2.75) is 0 Å². The van der Waals surface area contributed by atoms with Crippen LogP contribution in [0.3, 0.4) is 0 Å². The normalized spacial score (nSPS) is 12.3. The number of halogens is 6. The highest BCUT2D eigenvalue weighted by molar-refractivity contribution is 9.15. The van der Waals surface area contributed by atoms with Crippen molar-refractivity contribution < 1.29 is 9.47 Å². The quantitative estimate of drug-likeness (QED) is 0.227. The van der Waals surface area contributed by atoms with Crippen LogP contribution in [0.2, 0.25) is 0 Å². The first-order chi connectivity index (χ1) is 9.40.